The first-order valence-corrected chi connectivity index (χ1v) is 5.99. The molecule has 2 aromatic rings. The van der Waals surface area contributed by atoms with Gasteiger partial charge in [0.25, 0.3) is 0 Å². The molecule has 19 heavy (non-hydrogen) atoms. The molecular formula is C13H13ClN2O3. The largest absolute Gasteiger partial charge is 0.506 e. The van der Waals surface area contributed by atoms with Gasteiger partial charge in [0.2, 0.25) is 0 Å². The number of carboxylic acids is 1. The molecule has 0 fully saturated rings. The number of carbonyl (C=O) groups is 1. The summed E-state index contributed by atoms with van der Waals surface area (Å²) in [5.41, 5.74) is 3.40. The fourth-order valence-electron chi connectivity index (χ4n) is 2.04. The number of phenols is 1. The van der Waals surface area contributed by atoms with Crippen LogP contribution in [0, 0.1) is 20.8 Å². The van der Waals surface area contributed by atoms with Gasteiger partial charge in [-0.1, -0.05) is 11.6 Å². The molecule has 6 heteroatoms. The molecule has 0 saturated heterocycles. The Morgan fingerprint density at radius 2 is 1.89 bits per heavy atom. The number of nitrogens with zero attached hydrogens (tertiary/aromatic N) is 1. The van der Waals surface area contributed by atoms with Crippen molar-refractivity contribution >= 4 is 17.6 Å². The first-order chi connectivity index (χ1) is 8.84. The number of benzene rings is 1. The highest BCUT2D eigenvalue weighted by Gasteiger charge is 2.19. The molecular weight excluding hydrogens is 268 g/mol. The first kappa shape index (κ1) is 13.4. The van der Waals surface area contributed by atoms with E-state index in [1.165, 1.54) is 6.07 Å². The van der Waals surface area contributed by atoms with Gasteiger partial charge in [0.1, 0.15) is 11.4 Å². The van der Waals surface area contributed by atoms with Crippen LogP contribution in [0.4, 0.5) is 0 Å². The number of hydrogen-bond donors (Lipinski definition) is 3. The van der Waals surface area contributed by atoms with Gasteiger partial charge in [-0.05, 0) is 43.5 Å². The number of carboxylic acid groups (broad SMARTS) is 1. The Morgan fingerprint density at radius 1 is 1.26 bits per heavy atom. The second-order valence-corrected chi connectivity index (χ2v) is 4.76. The summed E-state index contributed by atoms with van der Waals surface area (Å²) in [7, 11) is 0. The lowest BCUT2D eigenvalue weighted by Gasteiger charge is -2.14. The normalized spacial score (nSPS) is 10.7. The smallest absolute Gasteiger partial charge is 0.353 e. The minimum Gasteiger partial charge on any atom is -0.506 e. The molecule has 0 amide bonds. The van der Waals surface area contributed by atoms with E-state index in [4.69, 9.17) is 16.7 Å². The molecule has 100 valence electrons. The number of phenolic OH excluding ortho intramolecular Hbond substituents is 1. The SMILES string of the molecule is Cc1c(C)c(-c2cc(C(=O)O)[nH]n2)c(C)c(Cl)c1O. The number of halogens is 1. The third-order valence-electron chi connectivity index (χ3n) is 3.27. The summed E-state index contributed by atoms with van der Waals surface area (Å²) in [4.78, 5) is 10.9. The molecule has 0 spiro atoms. The summed E-state index contributed by atoms with van der Waals surface area (Å²) in [6.45, 7) is 5.35. The third kappa shape index (κ3) is 2.06. The fourth-order valence-corrected chi connectivity index (χ4v) is 2.28. The number of aromatic nitrogens is 2. The zero-order chi connectivity index (χ0) is 14.3. The molecule has 1 aromatic carbocycles. The van der Waals surface area contributed by atoms with Crippen molar-refractivity contribution in [3.63, 3.8) is 0 Å². The van der Waals surface area contributed by atoms with Gasteiger partial charge in [0.05, 0.1) is 10.7 Å². The number of nitrogens with one attached hydrogen (secondary N) is 1. The van der Waals surface area contributed by atoms with Gasteiger partial charge in [-0.25, -0.2) is 4.79 Å². The predicted molar refractivity (Wildman–Crippen MR) is 71.9 cm³/mol. The molecule has 0 atom stereocenters. The molecule has 1 heterocycles. The Morgan fingerprint density at radius 3 is 2.42 bits per heavy atom. The summed E-state index contributed by atoms with van der Waals surface area (Å²) in [5.74, 6) is -1.02. The van der Waals surface area contributed by atoms with Crippen LogP contribution in [-0.2, 0) is 0 Å². The Balaban J connectivity index is 2.71. The van der Waals surface area contributed by atoms with Gasteiger partial charge >= 0.3 is 5.97 Å². The molecule has 0 aliphatic rings. The summed E-state index contributed by atoms with van der Waals surface area (Å²) in [5, 5.41) is 25.5. The first-order valence-electron chi connectivity index (χ1n) is 5.61. The third-order valence-corrected chi connectivity index (χ3v) is 3.73. The van der Waals surface area contributed by atoms with E-state index in [0.717, 1.165) is 11.1 Å². The van der Waals surface area contributed by atoms with Crippen molar-refractivity contribution < 1.29 is 15.0 Å². The second-order valence-electron chi connectivity index (χ2n) is 4.38. The van der Waals surface area contributed by atoms with Crippen molar-refractivity contribution in [2.45, 2.75) is 20.8 Å². The van der Waals surface area contributed by atoms with Crippen molar-refractivity contribution in [1.82, 2.24) is 10.2 Å². The van der Waals surface area contributed by atoms with Crippen LogP contribution in [0.1, 0.15) is 27.2 Å². The van der Waals surface area contributed by atoms with Gasteiger partial charge in [-0.2, -0.15) is 5.10 Å². The van der Waals surface area contributed by atoms with Crippen LogP contribution in [0.3, 0.4) is 0 Å². The Hall–Kier alpha value is -2.01. The quantitative estimate of drug-likeness (QED) is 0.789. The van der Waals surface area contributed by atoms with Crippen molar-refractivity contribution in [2.75, 3.05) is 0 Å². The molecule has 2 rings (SSSR count). The van der Waals surface area contributed by atoms with Crippen LogP contribution in [0.2, 0.25) is 5.02 Å². The molecule has 0 aliphatic heterocycles. The van der Waals surface area contributed by atoms with Crippen molar-refractivity contribution in [2.24, 2.45) is 0 Å². The number of hydrogen-bond acceptors (Lipinski definition) is 3. The van der Waals surface area contributed by atoms with Gasteiger partial charge < -0.3 is 10.2 Å². The zero-order valence-electron chi connectivity index (χ0n) is 10.7. The monoisotopic (exact) mass is 280 g/mol. The highest BCUT2D eigenvalue weighted by atomic mass is 35.5. The predicted octanol–water partition coefficient (Wildman–Crippen LogP) is 3.06. The highest BCUT2D eigenvalue weighted by molar-refractivity contribution is 6.33. The highest BCUT2D eigenvalue weighted by Crippen LogP contribution is 2.40. The molecule has 3 N–H and O–H groups in total. The number of H-pyrrole nitrogens is 1. The second kappa shape index (κ2) is 4.59. The van der Waals surface area contributed by atoms with E-state index in [1.54, 1.807) is 13.8 Å². The maximum absolute atomic E-state index is 10.9. The number of aromatic carboxylic acids is 1. The molecule has 0 unspecified atom stereocenters. The lowest BCUT2D eigenvalue weighted by molar-refractivity contribution is 0.0690. The zero-order valence-corrected chi connectivity index (χ0v) is 11.5. The number of aromatic amines is 1. The fraction of sp³-hybridized carbons (Fsp3) is 0.231. The van der Waals surface area contributed by atoms with E-state index in [1.807, 2.05) is 6.92 Å². The summed E-state index contributed by atoms with van der Waals surface area (Å²) in [6, 6.07) is 1.45. The molecule has 0 saturated carbocycles. The van der Waals surface area contributed by atoms with Gasteiger partial charge in [-0.3, -0.25) is 5.10 Å². The van der Waals surface area contributed by atoms with Crippen molar-refractivity contribution in [3.05, 3.63) is 33.5 Å². The average molecular weight is 281 g/mol. The van der Waals surface area contributed by atoms with Crippen LogP contribution < -0.4 is 0 Å². The molecule has 0 radical (unpaired) electrons. The van der Waals surface area contributed by atoms with E-state index in [9.17, 15) is 9.90 Å². The minimum absolute atomic E-state index is 0.00986. The van der Waals surface area contributed by atoms with E-state index < -0.39 is 5.97 Å². The Bertz CT molecular complexity index is 648. The van der Waals surface area contributed by atoms with E-state index in [2.05, 4.69) is 10.2 Å². The topological polar surface area (TPSA) is 86.2 Å². The Kier molecular flexibility index (Phi) is 3.24. The van der Waals surface area contributed by atoms with Crippen LogP contribution in [0.25, 0.3) is 11.3 Å². The maximum atomic E-state index is 10.9. The van der Waals surface area contributed by atoms with Crippen LogP contribution in [0.15, 0.2) is 6.07 Å². The summed E-state index contributed by atoms with van der Waals surface area (Å²) >= 11 is 6.08. The molecule has 1 aromatic heterocycles. The summed E-state index contributed by atoms with van der Waals surface area (Å²) < 4.78 is 0. The standard InChI is InChI=1S/C13H13ClN2O3/c1-5-6(2)12(17)11(14)7(3)10(5)8-4-9(13(18)19)16-15-8/h4,17H,1-3H3,(H,15,16)(H,18,19). The lowest BCUT2D eigenvalue weighted by atomic mass is 9.95. The van der Waals surface area contributed by atoms with E-state index in [-0.39, 0.29) is 16.5 Å². The average Bonchev–Trinajstić information content (AvgIpc) is 2.84. The maximum Gasteiger partial charge on any atom is 0.353 e. The molecule has 0 aliphatic carbocycles. The van der Waals surface area contributed by atoms with Crippen molar-refractivity contribution in [1.29, 1.82) is 0 Å². The Labute approximate surface area is 114 Å². The summed E-state index contributed by atoms with van der Waals surface area (Å²) in [6.07, 6.45) is 0. The van der Waals surface area contributed by atoms with Gasteiger partial charge in [0, 0.05) is 5.56 Å². The van der Waals surface area contributed by atoms with Crippen LogP contribution in [-0.4, -0.2) is 26.4 Å². The molecule has 0 bridgehead atoms. The van der Waals surface area contributed by atoms with Gasteiger partial charge in [0.15, 0.2) is 0 Å². The molecule has 5 nitrogen and oxygen atoms in total. The van der Waals surface area contributed by atoms with Gasteiger partial charge in [-0.15, -0.1) is 0 Å². The van der Waals surface area contributed by atoms with Crippen molar-refractivity contribution in [3.8, 4) is 17.0 Å². The van der Waals surface area contributed by atoms with Crippen LogP contribution in [0.5, 0.6) is 5.75 Å². The minimum atomic E-state index is -1.07. The number of aromatic hydroxyl groups is 1. The lowest BCUT2D eigenvalue weighted by Crippen LogP contribution is -1.95. The van der Waals surface area contributed by atoms with Crippen LogP contribution >= 0.6 is 11.6 Å². The van der Waals surface area contributed by atoms with E-state index >= 15 is 0 Å². The van der Waals surface area contributed by atoms with E-state index in [0.29, 0.717) is 16.8 Å². The number of rotatable bonds is 2.